The molecule has 1 atom stereocenters. The number of hydrogen-bond donors (Lipinski definition) is 2. The molecule has 0 aromatic heterocycles. The van der Waals surface area contributed by atoms with Crippen molar-refractivity contribution in [1.29, 1.82) is 0 Å². The van der Waals surface area contributed by atoms with Gasteiger partial charge in [0.2, 0.25) is 5.91 Å². The highest BCUT2D eigenvalue weighted by molar-refractivity contribution is 5.84. The van der Waals surface area contributed by atoms with Crippen molar-refractivity contribution in [1.82, 2.24) is 20.4 Å². The molecule has 1 unspecified atom stereocenters. The molecule has 1 fully saturated rings. The van der Waals surface area contributed by atoms with Crippen LogP contribution in [0, 0.1) is 5.92 Å². The third-order valence-electron chi connectivity index (χ3n) is 4.28. The van der Waals surface area contributed by atoms with Crippen molar-refractivity contribution in [2.24, 2.45) is 10.9 Å². The Balaban J connectivity index is 2.65. The van der Waals surface area contributed by atoms with Gasteiger partial charge in [0.1, 0.15) is 6.54 Å². The zero-order chi connectivity index (χ0) is 19.4. The van der Waals surface area contributed by atoms with E-state index in [1.165, 1.54) is 0 Å². The number of carbonyl (C=O) groups is 1. The van der Waals surface area contributed by atoms with Crippen LogP contribution in [-0.4, -0.2) is 101 Å². The largest absolute Gasteiger partial charge is 0.383 e. The van der Waals surface area contributed by atoms with Gasteiger partial charge in [-0.25, -0.2) is 4.99 Å². The lowest BCUT2D eigenvalue weighted by atomic mass is 10.0. The number of morpholine rings is 1. The minimum Gasteiger partial charge on any atom is -0.383 e. The molecule has 0 saturated carbocycles. The van der Waals surface area contributed by atoms with E-state index in [4.69, 9.17) is 9.47 Å². The average Bonchev–Trinajstić information content (AvgIpc) is 2.62. The van der Waals surface area contributed by atoms with E-state index in [1.807, 2.05) is 0 Å². The molecule has 1 rings (SSSR count). The first-order valence-electron chi connectivity index (χ1n) is 9.47. The van der Waals surface area contributed by atoms with Crippen LogP contribution in [0.4, 0.5) is 0 Å². The predicted molar refractivity (Wildman–Crippen MR) is 105 cm³/mol. The lowest BCUT2D eigenvalue weighted by Crippen LogP contribution is -2.51. The maximum atomic E-state index is 11.8. The number of amides is 1. The summed E-state index contributed by atoms with van der Waals surface area (Å²) in [5.41, 5.74) is 0. The van der Waals surface area contributed by atoms with Crippen LogP contribution in [0.25, 0.3) is 0 Å². The van der Waals surface area contributed by atoms with Gasteiger partial charge in [-0.2, -0.15) is 0 Å². The van der Waals surface area contributed by atoms with Crippen LogP contribution in [0.3, 0.4) is 0 Å². The van der Waals surface area contributed by atoms with Gasteiger partial charge in [0, 0.05) is 53.4 Å². The quantitative estimate of drug-likeness (QED) is 0.320. The number of nitrogens with zero attached hydrogens (tertiary/aromatic N) is 3. The molecule has 8 heteroatoms. The highest BCUT2D eigenvalue weighted by atomic mass is 16.5. The van der Waals surface area contributed by atoms with E-state index in [0.29, 0.717) is 31.1 Å². The molecule has 0 aromatic carbocycles. The second kappa shape index (κ2) is 12.9. The zero-order valence-electron chi connectivity index (χ0n) is 17.1. The smallest absolute Gasteiger partial charge is 0.243 e. The van der Waals surface area contributed by atoms with Crippen LogP contribution in [0.1, 0.15) is 20.3 Å². The first-order valence-corrected chi connectivity index (χ1v) is 9.47. The number of nitrogens with one attached hydrogen (secondary N) is 2. The molecule has 1 aliphatic rings. The Morgan fingerprint density at radius 3 is 2.54 bits per heavy atom. The summed E-state index contributed by atoms with van der Waals surface area (Å²) in [6, 6.07) is 0.415. The van der Waals surface area contributed by atoms with Gasteiger partial charge in [-0.15, -0.1) is 0 Å². The predicted octanol–water partition coefficient (Wildman–Crippen LogP) is 0.00310. The van der Waals surface area contributed by atoms with Crippen molar-refractivity contribution in [2.45, 2.75) is 26.3 Å². The van der Waals surface area contributed by atoms with Gasteiger partial charge in [-0.05, 0) is 12.3 Å². The van der Waals surface area contributed by atoms with Crippen molar-refractivity contribution in [3.63, 3.8) is 0 Å². The van der Waals surface area contributed by atoms with Gasteiger partial charge in [0.25, 0.3) is 0 Å². The number of hydrogen-bond acceptors (Lipinski definition) is 5. The van der Waals surface area contributed by atoms with Crippen molar-refractivity contribution < 1.29 is 14.3 Å². The summed E-state index contributed by atoms with van der Waals surface area (Å²) in [5, 5.41) is 6.63. The van der Waals surface area contributed by atoms with Crippen LogP contribution >= 0.6 is 0 Å². The SMILES string of the molecule is COCCNC(=NCC(=O)N(C)C)NCC(CC(C)C)N1CCOCC1. The van der Waals surface area contributed by atoms with Crippen molar-refractivity contribution in [2.75, 3.05) is 73.7 Å². The molecule has 1 aliphatic heterocycles. The van der Waals surface area contributed by atoms with Gasteiger partial charge in [-0.3, -0.25) is 9.69 Å². The molecule has 0 aromatic rings. The molecular formula is C18H37N5O3. The number of guanidine groups is 1. The van der Waals surface area contributed by atoms with Crippen molar-refractivity contribution in [3.8, 4) is 0 Å². The van der Waals surface area contributed by atoms with Gasteiger partial charge < -0.3 is 25.0 Å². The molecule has 152 valence electrons. The summed E-state index contributed by atoms with van der Waals surface area (Å²) >= 11 is 0. The Morgan fingerprint density at radius 2 is 1.96 bits per heavy atom. The maximum Gasteiger partial charge on any atom is 0.243 e. The summed E-state index contributed by atoms with van der Waals surface area (Å²) in [6.07, 6.45) is 1.11. The standard InChI is InChI=1S/C18H37N5O3/c1-15(2)12-16(23-7-10-26-11-8-23)13-20-18(19-6-9-25-5)21-14-17(24)22(3)4/h15-16H,6-14H2,1-5H3,(H2,19,20,21). The Morgan fingerprint density at radius 1 is 1.27 bits per heavy atom. The zero-order valence-corrected chi connectivity index (χ0v) is 17.1. The van der Waals surface area contributed by atoms with Gasteiger partial charge in [-0.1, -0.05) is 13.8 Å². The second-order valence-corrected chi connectivity index (χ2v) is 7.19. The van der Waals surface area contributed by atoms with E-state index in [2.05, 4.69) is 34.4 Å². The Bertz CT molecular complexity index is 423. The molecule has 8 nitrogen and oxygen atoms in total. The summed E-state index contributed by atoms with van der Waals surface area (Å²) in [6.45, 7) is 10.1. The maximum absolute atomic E-state index is 11.8. The molecular weight excluding hydrogens is 334 g/mol. The third kappa shape index (κ3) is 9.35. The third-order valence-corrected chi connectivity index (χ3v) is 4.28. The second-order valence-electron chi connectivity index (χ2n) is 7.19. The number of rotatable bonds is 10. The average molecular weight is 372 g/mol. The molecule has 2 N–H and O–H groups in total. The Labute approximate surface area is 158 Å². The minimum atomic E-state index is -0.0234. The fourth-order valence-electron chi connectivity index (χ4n) is 2.80. The van der Waals surface area contributed by atoms with Crippen molar-refractivity contribution >= 4 is 11.9 Å². The lowest BCUT2D eigenvalue weighted by Gasteiger charge is -2.35. The minimum absolute atomic E-state index is 0.0234. The molecule has 0 aliphatic carbocycles. The van der Waals surface area contributed by atoms with E-state index in [-0.39, 0.29) is 12.5 Å². The van der Waals surface area contributed by atoms with Crippen LogP contribution in [0.2, 0.25) is 0 Å². The summed E-state index contributed by atoms with van der Waals surface area (Å²) < 4.78 is 10.6. The summed E-state index contributed by atoms with van der Waals surface area (Å²) in [7, 11) is 5.14. The molecule has 1 heterocycles. The molecule has 26 heavy (non-hydrogen) atoms. The Kier molecular flexibility index (Phi) is 11.2. The van der Waals surface area contributed by atoms with E-state index in [9.17, 15) is 4.79 Å². The molecule has 0 spiro atoms. The monoisotopic (exact) mass is 371 g/mol. The van der Waals surface area contributed by atoms with Gasteiger partial charge in [0.15, 0.2) is 5.96 Å². The van der Waals surface area contributed by atoms with Crippen LogP contribution in [-0.2, 0) is 14.3 Å². The first-order chi connectivity index (χ1) is 12.4. The topological polar surface area (TPSA) is 78.4 Å². The number of likely N-dealkylation sites (N-methyl/N-ethyl adjacent to an activating group) is 1. The van der Waals surface area contributed by atoms with Crippen molar-refractivity contribution in [3.05, 3.63) is 0 Å². The molecule has 0 radical (unpaired) electrons. The number of methoxy groups -OCH3 is 1. The molecule has 0 bridgehead atoms. The van der Waals surface area contributed by atoms with Crippen LogP contribution in [0.15, 0.2) is 4.99 Å². The fourth-order valence-corrected chi connectivity index (χ4v) is 2.80. The lowest BCUT2D eigenvalue weighted by molar-refractivity contribution is -0.127. The number of aliphatic imine (C=N–C) groups is 1. The normalized spacial score (nSPS) is 17.2. The Hall–Kier alpha value is -1.38. The number of carbonyl (C=O) groups excluding carboxylic acids is 1. The van der Waals surface area contributed by atoms with E-state index in [1.54, 1.807) is 26.1 Å². The van der Waals surface area contributed by atoms with E-state index < -0.39 is 0 Å². The number of ether oxygens (including phenoxy) is 2. The first kappa shape index (κ1) is 22.7. The molecule has 1 amide bonds. The summed E-state index contributed by atoms with van der Waals surface area (Å²) in [5.74, 6) is 1.24. The summed E-state index contributed by atoms with van der Waals surface area (Å²) in [4.78, 5) is 20.3. The van der Waals surface area contributed by atoms with Gasteiger partial charge in [0.05, 0.1) is 19.8 Å². The van der Waals surface area contributed by atoms with Gasteiger partial charge >= 0.3 is 0 Å². The van der Waals surface area contributed by atoms with Crippen LogP contribution in [0.5, 0.6) is 0 Å². The van der Waals surface area contributed by atoms with E-state index >= 15 is 0 Å². The van der Waals surface area contributed by atoms with E-state index in [0.717, 1.165) is 39.3 Å². The fraction of sp³-hybridized carbons (Fsp3) is 0.889. The van der Waals surface area contributed by atoms with Crippen LogP contribution < -0.4 is 10.6 Å². The highest BCUT2D eigenvalue weighted by Crippen LogP contribution is 2.12. The molecule has 1 saturated heterocycles. The highest BCUT2D eigenvalue weighted by Gasteiger charge is 2.22.